The topological polar surface area (TPSA) is 0 Å². The molecule has 0 amide bonds. The third-order valence-electron chi connectivity index (χ3n) is 0.870. The van der Waals surface area contributed by atoms with Crippen molar-refractivity contribution in [1.29, 1.82) is 0 Å². The Kier molecular flexibility index (Phi) is 3.92. The maximum Gasteiger partial charge on any atom is 0.0940 e. The molecule has 1 heterocycles. The summed E-state index contributed by atoms with van der Waals surface area (Å²) in [5.74, 6) is 1.65. The number of rotatable bonds is 3. The molecule has 0 radical (unpaired) electrons. The van der Waals surface area contributed by atoms with Crippen LogP contribution >= 0.6 is 46.3 Å². The molecule has 0 aliphatic heterocycles. The maximum atomic E-state index is 5.71. The van der Waals surface area contributed by atoms with Gasteiger partial charge in [-0.1, -0.05) is 11.6 Å². The van der Waals surface area contributed by atoms with Crippen LogP contribution in [-0.2, 0) is 0 Å². The van der Waals surface area contributed by atoms with E-state index < -0.39 is 0 Å². The Balaban J connectivity index is 2.42. The third kappa shape index (κ3) is 2.70. The van der Waals surface area contributed by atoms with Crippen molar-refractivity contribution in [3.63, 3.8) is 0 Å². The average Bonchev–Trinajstić information content (AvgIpc) is 2.31. The second kappa shape index (κ2) is 4.50. The Labute approximate surface area is 78.5 Å². The van der Waals surface area contributed by atoms with E-state index in [4.69, 9.17) is 23.2 Å². The monoisotopic (exact) mass is 212 g/mol. The molecule has 0 aromatic carbocycles. The second-order valence-corrected chi connectivity index (χ2v) is 5.08. The van der Waals surface area contributed by atoms with Crippen molar-refractivity contribution in [1.82, 2.24) is 0 Å². The highest BCUT2D eigenvalue weighted by molar-refractivity contribution is 8.01. The zero-order valence-electron chi connectivity index (χ0n) is 5.14. The molecule has 0 spiro atoms. The van der Waals surface area contributed by atoms with Crippen molar-refractivity contribution in [2.75, 3.05) is 11.6 Å². The Hall–Kier alpha value is 0.630. The molecule has 1 aromatic heterocycles. The maximum absolute atomic E-state index is 5.71. The first-order valence-corrected chi connectivity index (χ1v) is 5.48. The lowest BCUT2D eigenvalue weighted by Gasteiger charge is -1.89. The van der Waals surface area contributed by atoms with Gasteiger partial charge in [-0.15, -0.1) is 34.7 Å². The lowest BCUT2D eigenvalue weighted by molar-refractivity contribution is 1.52. The van der Waals surface area contributed by atoms with E-state index in [-0.39, 0.29) is 0 Å². The molecule has 1 aromatic rings. The van der Waals surface area contributed by atoms with Gasteiger partial charge in [0.1, 0.15) is 0 Å². The van der Waals surface area contributed by atoms with Gasteiger partial charge in [-0.2, -0.15) is 0 Å². The first-order chi connectivity index (χ1) is 4.83. The van der Waals surface area contributed by atoms with Gasteiger partial charge >= 0.3 is 0 Å². The summed E-state index contributed by atoms with van der Waals surface area (Å²) in [5, 5.41) is 0. The smallest absolute Gasteiger partial charge is 0.0940 e. The standard InChI is InChI=1S/C6H6Cl2S2/c7-3-4-9-6-2-1-5(8)10-6/h1-2H,3-4H2. The van der Waals surface area contributed by atoms with Crippen LogP contribution in [-0.4, -0.2) is 11.6 Å². The molecule has 4 heteroatoms. The molecule has 0 aliphatic carbocycles. The van der Waals surface area contributed by atoms with Crippen molar-refractivity contribution in [2.24, 2.45) is 0 Å². The van der Waals surface area contributed by atoms with E-state index >= 15 is 0 Å². The Morgan fingerprint density at radius 2 is 2.30 bits per heavy atom. The van der Waals surface area contributed by atoms with E-state index in [0.29, 0.717) is 5.88 Å². The van der Waals surface area contributed by atoms with E-state index in [1.807, 2.05) is 12.1 Å². The van der Waals surface area contributed by atoms with Crippen molar-refractivity contribution in [3.05, 3.63) is 16.5 Å². The zero-order chi connectivity index (χ0) is 7.40. The average molecular weight is 213 g/mol. The van der Waals surface area contributed by atoms with Gasteiger partial charge in [0, 0.05) is 11.6 Å². The van der Waals surface area contributed by atoms with E-state index in [1.54, 1.807) is 23.1 Å². The first kappa shape index (κ1) is 8.72. The van der Waals surface area contributed by atoms with Crippen LogP contribution in [0, 0.1) is 0 Å². The summed E-state index contributed by atoms with van der Waals surface area (Å²) in [7, 11) is 0. The fraction of sp³-hybridized carbons (Fsp3) is 0.333. The summed E-state index contributed by atoms with van der Waals surface area (Å²) in [4.78, 5) is 0. The summed E-state index contributed by atoms with van der Waals surface area (Å²) in [6.45, 7) is 0. The van der Waals surface area contributed by atoms with Crippen molar-refractivity contribution in [2.45, 2.75) is 4.21 Å². The Bertz CT molecular complexity index is 197. The summed E-state index contributed by atoms with van der Waals surface area (Å²) < 4.78 is 2.09. The minimum Gasteiger partial charge on any atom is -0.126 e. The predicted molar refractivity (Wildman–Crippen MR) is 50.8 cm³/mol. The molecule has 10 heavy (non-hydrogen) atoms. The summed E-state index contributed by atoms with van der Waals surface area (Å²) >= 11 is 14.6. The molecule has 0 atom stereocenters. The van der Waals surface area contributed by atoms with Crippen LogP contribution in [0.25, 0.3) is 0 Å². The molecule has 0 saturated carbocycles. The molecule has 0 fully saturated rings. The Morgan fingerprint density at radius 1 is 1.50 bits per heavy atom. The summed E-state index contributed by atoms with van der Waals surface area (Å²) in [6, 6.07) is 3.92. The number of alkyl halides is 1. The molecule has 0 aliphatic rings. The number of hydrogen-bond acceptors (Lipinski definition) is 2. The normalized spacial score (nSPS) is 10.2. The molecule has 56 valence electrons. The van der Waals surface area contributed by atoms with Gasteiger partial charge in [-0.25, -0.2) is 0 Å². The number of halogens is 2. The van der Waals surface area contributed by atoms with Gasteiger partial charge in [-0.05, 0) is 12.1 Å². The molecule has 1 rings (SSSR count). The van der Waals surface area contributed by atoms with Gasteiger partial charge in [0.25, 0.3) is 0 Å². The van der Waals surface area contributed by atoms with Gasteiger partial charge in [0.2, 0.25) is 0 Å². The minimum absolute atomic E-state index is 0.695. The third-order valence-corrected chi connectivity index (χ3v) is 3.74. The highest BCUT2D eigenvalue weighted by Gasteiger charge is 1.96. The van der Waals surface area contributed by atoms with E-state index in [0.717, 1.165) is 10.1 Å². The SMILES string of the molecule is ClCCSc1ccc(Cl)s1. The van der Waals surface area contributed by atoms with Gasteiger partial charge < -0.3 is 0 Å². The minimum atomic E-state index is 0.695. The fourth-order valence-electron chi connectivity index (χ4n) is 0.514. The van der Waals surface area contributed by atoms with Crippen LogP contribution in [0.1, 0.15) is 0 Å². The highest BCUT2D eigenvalue weighted by atomic mass is 35.5. The molecular formula is C6H6Cl2S2. The number of hydrogen-bond donors (Lipinski definition) is 0. The van der Waals surface area contributed by atoms with Gasteiger partial charge in [0.05, 0.1) is 8.55 Å². The van der Waals surface area contributed by atoms with Crippen LogP contribution in [0.2, 0.25) is 4.34 Å². The fourth-order valence-corrected chi connectivity index (χ4v) is 2.86. The van der Waals surface area contributed by atoms with Crippen molar-refractivity contribution >= 4 is 46.3 Å². The summed E-state index contributed by atoms with van der Waals surface area (Å²) in [5.41, 5.74) is 0. The first-order valence-electron chi connectivity index (χ1n) is 2.77. The predicted octanol–water partition coefficient (Wildman–Crippen LogP) is 3.73. The van der Waals surface area contributed by atoms with Crippen molar-refractivity contribution in [3.8, 4) is 0 Å². The molecule has 0 N–H and O–H groups in total. The molecule has 0 bridgehead atoms. The Morgan fingerprint density at radius 3 is 2.80 bits per heavy atom. The lowest BCUT2D eigenvalue weighted by atomic mass is 10.7. The van der Waals surface area contributed by atoms with Crippen LogP contribution in [0.3, 0.4) is 0 Å². The molecule has 0 nitrogen and oxygen atoms in total. The van der Waals surface area contributed by atoms with Gasteiger partial charge in [0.15, 0.2) is 0 Å². The van der Waals surface area contributed by atoms with Crippen LogP contribution in [0.4, 0.5) is 0 Å². The van der Waals surface area contributed by atoms with Crippen LogP contribution < -0.4 is 0 Å². The highest BCUT2D eigenvalue weighted by Crippen LogP contribution is 2.29. The lowest BCUT2D eigenvalue weighted by Crippen LogP contribution is -1.74. The van der Waals surface area contributed by atoms with Crippen LogP contribution in [0.5, 0.6) is 0 Å². The van der Waals surface area contributed by atoms with Crippen molar-refractivity contribution < 1.29 is 0 Å². The molecule has 0 unspecified atom stereocenters. The summed E-state index contributed by atoms with van der Waals surface area (Å²) in [6.07, 6.45) is 0. The largest absolute Gasteiger partial charge is 0.126 e. The second-order valence-electron chi connectivity index (χ2n) is 1.60. The molecule has 0 saturated heterocycles. The number of thiophene rings is 1. The molecular weight excluding hydrogens is 207 g/mol. The van der Waals surface area contributed by atoms with E-state index in [9.17, 15) is 0 Å². The van der Waals surface area contributed by atoms with E-state index in [2.05, 4.69) is 0 Å². The number of thioether (sulfide) groups is 1. The van der Waals surface area contributed by atoms with Gasteiger partial charge in [-0.3, -0.25) is 0 Å². The quantitative estimate of drug-likeness (QED) is 0.544. The zero-order valence-corrected chi connectivity index (χ0v) is 8.29. The van der Waals surface area contributed by atoms with Crippen LogP contribution in [0.15, 0.2) is 16.3 Å². The van der Waals surface area contributed by atoms with E-state index in [1.165, 1.54) is 4.21 Å².